The highest BCUT2D eigenvalue weighted by Crippen LogP contribution is 2.32. The first kappa shape index (κ1) is 13.3. The Balaban J connectivity index is 1.86. The summed E-state index contributed by atoms with van der Waals surface area (Å²) in [6.45, 7) is 0.816. The molecule has 0 spiro atoms. The number of hydrogen-bond donors (Lipinski definition) is 2. The van der Waals surface area contributed by atoms with Gasteiger partial charge in [0.15, 0.2) is 0 Å². The second-order valence-corrected chi connectivity index (χ2v) is 5.88. The minimum atomic E-state index is -0.914. The second kappa shape index (κ2) is 5.36. The fourth-order valence-electron chi connectivity index (χ4n) is 2.25. The number of rotatable bonds is 3. The average Bonchev–Trinajstić information content (AvgIpc) is 3.11. The van der Waals surface area contributed by atoms with Gasteiger partial charge in [-0.25, -0.2) is 0 Å². The molecule has 1 amide bonds. The maximum absolute atomic E-state index is 12.3. The maximum Gasteiger partial charge on any atom is 0.246 e. The third-order valence-corrected chi connectivity index (χ3v) is 4.37. The Kier molecular flexibility index (Phi) is 3.56. The van der Waals surface area contributed by atoms with Gasteiger partial charge in [0.1, 0.15) is 5.54 Å². The van der Waals surface area contributed by atoms with Crippen LogP contribution in [0.15, 0.2) is 41.8 Å². The van der Waals surface area contributed by atoms with Crippen LogP contribution in [0.25, 0.3) is 10.4 Å². The van der Waals surface area contributed by atoms with Crippen LogP contribution in [-0.2, 0) is 9.53 Å². The Morgan fingerprint density at radius 3 is 2.85 bits per heavy atom. The lowest BCUT2D eigenvalue weighted by Crippen LogP contribution is -2.51. The van der Waals surface area contributed by atoms with Crippen LogP contribution < -0.4 is 11.1 Å². The van der Waals surface area contributed by atoms with E-state index in [9.17, 15) is 4.79 Å². The summed E-state index contributed by atoms with van der Waals surface area (Å²) in [5, 5.41) is 4.96. The van der Waals surface area contributed by atoms with E-state index in [1.54, 1.807) is 11.3 Å². The molecule has 1 saturated heterocycles. The highest BCUT2D eigenvalue weighted by molar-refractivity contribution is 7.13. The number of nitrogens with two attached hydrogens (primary N) is 1. The molecule has 3 rings (SSSR count). The van der Waals surface area contributed by atoms with Crippen LogP contribution >= 0.6 is 11.3 Å². The third-order valence-electron chi connectivity index (χ3n) is 3.47. The van der Waals surface area contributed by atoms with Gasteiger partial charge in [-0.15, -0.1) is 11.3 Å². The lowest BCUT2D eigenvalue weighted by atomic mass is 9.99. The number of amides is 1. The summed E-state index contributed by atoms with van der Waals surface area (Å²) in [5.74, 6) is -0.181. The fourth-order valence-corrected chi connectivity index (χ4v) is 3.01. The number of benzene rings is 1. The molecule has 1 fully saturated rings. The Bertz CT molecular complexity index is 604. The van der Waals surface area contributed by atoms with E-state index >= 15 is 0 Å². The number of thiophene rings is 1. The molecular weight excluding hydrogens is 272 g/mol. The fraction of sp³-hybridized carbons (Fsp3) is 0.267. The average molecular weight is 288 g/mol. The summed E-state index contributed by atoms with van der Waals surface area (Å²) in [6.07, 6.45) is 0.556. The quantitative estimate of drug-likeness (QED) is 0.912. The lowest BCUT2D eigenvalue weighted by molar-refractivity contribution is -0.121. The summed E-state index contributed by atoms with van der Waals surface area (Å²) >= 11 is 1.64. The Morgan fingerprint density at radius 1 is 1.30 bits per heavy atom. The molecule has 0 radical (unpaired) electrons. The summed E-state index contributed by atoms with van der Waals surface area (Å²) in [4.78, 5) is 13.5. The Morgan fingerprint density at radius 2 is 2.15 bits per heavy atom. The molecule has 2 aromatic rings. The second-order valence-electron chi connectivity index (χ2n) is 4.94. The normalized spacial score (nSPS) is 21.9. The Hall–Kier alpha value is -1.69. The van der Waals surface area contributed by atoms with Crippen molar-refractivity contribution in [1.82, 2.24) is 0 Å². The highest BCUT2D eigenvalue weighted by Gasteiger charge is 2.38. The van der Waals surface area contributed by atoms with Crippen molar-refractivity contribution in [3.8, 4) is 10.4 Å². The first-order valence-electron chi connectivity index (χ1n) is 6.50. The summed E-state index contributed by atoms with van der Waals surface area (Å²) in [6, 6.07) is 11.8. The molecule has 1 aliphatic heterocycles. The Labute approximate surface area is 121 Å². The molecule has 1 atom stereocenters. The van der Waals surface area contributed by atoms with Gasteiger partial charge in [0.05, 0.1) is 6.61 Å². The van der Waals surface area contributed by atoms with E-state index in [1.165, 1.54) is 0 Å². The monoisotopic (exact) mass is 288 g/mol. The zero-order valence-electron chi connectivity index (χ0n) is 11.0. The van der Waals surface area contributed by atoms with Gasteiger partial charge >= 0.3 is 0 Å². The van der Waals surface area contributed by atoms with E-state index in [-0.39, 0.29) is 12.5 Å². The predicted octanol–water partition coefficient (Wildman–Crippen LogP) is 2.47. The number of nitrogens with one attached hydrogen (secondary N) is 1. The van der Waals surface area contributed by atoms with Crippen LogP contribution in [0.2, 0.25) is 0 Å². The number of ether oxygens (including phenoxy) is 1. The molecular formula is C15H16N2O2S. The number of anilines is 1. The molecule has 20 heavy (non-hydrogen) atoms. The summed E-state index contributed by atoms with van der Waals surface area (Å²) in [7, 11) is 0. The van der Waals surface area contributed by atoms with Crippen LogP contribution in [0.5, 0.6) is 0 Å². The van der Waals surface area contributed by atoms with Gasteiger partial charge < -0.3 is 15.8 Å². The van der Waals surface area contributed by atoms with E-state index < -0.39 is 5.54 Å². The largest absolute Gasteiger partial charge is 0.379 e. The predicted molar refractivity (Wildman–Crippen MR) is 80.7 cm³/mol. The zero-order valence-corrected chi connectivity index (χ0v) is 11.8. The van der Waals surface area contributed by atoms with E-state index in [0.717, 1.165) is 16.1 Å². The molecule has 1 aliphatic rings. The van der Waals surface area contributed by atoms with E-state index in [0.29, 0.717) is 13.0 Å². The van der Waals surface area contributed by atoms with Gasteiger partial charge in [0.25, 0.3) is 0 Å². The van der Waals surface area contributed by atoms with Crippen LogP contribution in [0.4, 0.5) is 5.69 Å². The first-order chi connectivity index (χ1) is 9.69. The zero-order chi connectivity index (χ0) is 14.0. The molecule has 0 saturated carbocycles. The SMILES string of the molecule is NC1(C(=O)Nc2ccccc2-c2cccs2)CCOC1. The van der Waals surface area contributed by atoms with Crippen LogP contribution in [0.3, 0.4) is 0 Å². The topological polar surface area (TPSA) is 64.4 Å². The van der Waals surface area contributed by atoms with E-state index in [2.05, 4.69) is 5.32 Å². The van der Waals surface area contributed by atoms with E-state index in [1.807, 2.05) is 41.8 Å². The van der Waals surface area contributed by atoms with Gasteiger partial charge in [0, 0.05) is 22.7 Å². The van der Waals surface area contributed by atoms with Crippen molar-refractivity contribution >= 4 is 22.9 Å². The lowest BCUT2D eigenvalue weighted by Gasteiger charge is -2.21. The van der Waals surface area contributed by atoms with Crippen molar-refractivity contribution in [2.45, 2.75) is 12.0 Å². The van der Waals surface area contributed by atoms with Gasteiger partial charge in [0.2, 0.25) is 5.91 Å². The molecule has 1 unspecified atom stereocenters. The van der Waals surface area contributed by atoms with Crippen molar-refractivity contribution in [2.75, 3.05) is 18.5 Å². The van der Waals surface area contributed by atoms with Crippen molar-refractivity contribution in [2.24, 2.45) is 5.73 Å². The maximum atomic E-state index is 12.3. The van der Waals surface area contributed by atoms with Gasteiger partial charge in [-0.1, -0.05) is 24.3 Å². The van der Waals surface area contributed by atoms with Crippen LogP contribution in [0.1, 0.15) is 6.42 Å². The molecule has 0 bridgehead atoms. The van der Waals surface area contributed by atoms with Crippen LogP contribution in [0, 0.1) is 0 Å². The molecule has 3 N–H and O–H groups in total. The smallest absolute Gasteiger partial charge is 0.246 e. The van der Waals surface area contributed by atoms with Crippen molar-refractivity contribution < 1.29 is 9.53 Å². The molecule has 5 heteroatoms. The molecule has 4 nitrogen and oxygen atoms in total. The van der Waals surface area contributed by atoms with Gasteiger partial charge in [-0.2, -0.15) is 0 Å². The molecule has 1 aromatic carbocycles. The molecule has 1 aromatic heterocycles. The standard InChI is InChI=1S/C15H16N2O2S/c16-15(7-8-19-10-15)14(18)17-12-5-2-1-4-11(12)13-6-3-9-20-13/h1-6,9H,7-8,10,16H2,(H,17,18). The molecule has 104 valence electrons. The summed E-state index contributed by atoms with van der Waals surface area (Å²) < 4.78 is 5.24. The van der Waals surface area contributed by atoms with Gasteiger partial charge in [-0.3, -0.25) is 4.79 Å². The summed E-state index contributed by atoms with van der Waals surface area (Å²) in [5.41, 5.74) is 6.97. The number of hydrogen-bond acceptors (Lipinski definition) is 4. The van der Waals surface area contributed by atoms with Crippen LogP contribution in [-0.4, -0.2) is 24.7 Å². The molecule has 2 heterocycles. The van der Waals surface area contributed by atoms with Gasteiger partial charge in [-0.05, 0) is 23.9 Å². The first-order valence-corrected chi connectivity index (χ1v) is 7.38. The van der Waals surface area contributed by atoms with Crippen molar-refractivity contribution in [1.29, 1.82) is 0 Å². The van der Waals surface area contributed by atoms with Crippen molar-refractivity contribution in [3.63, 3.8) is 0 Å². The third kappa shape index (κ3) is 2.47. The number of carbonyl (C=O) groups excluding carboxylic acids is 1. The minimum Gasteiger partial charge on any atom is -0.379 e. The number of para-hydroxylation sites is 1. The minimum absolute atomic E-state index is 0.181. The van der Waals surface area contributed by atoms with E-state index in [4.69, 9.17) is 10.5 Å². The number of carbonyl (C=O) groups is 1. The highest BCUT2D eigenvalue weighted by atomic mass is 32.1. The molecule has 0 aliphatic carbocycles. The van der Waals surface area contributed by atoms with Crippen molar-refractivity contribution in [3.05, 3.63) is 41.8 Å².